The van der Waals surface area contributed by atoms with Gasteiger partial charge in [0.1, 0.15) is 10.3 Å². The molecule has 0 bridgehead atoms. The molecule has 0 radical (unpaired) electrons. The minimum absolute atomic E-state index is 0.245. The molecule has 66 valence electrons. The van der Waals surface area contributed by atoms with Crippen LogP contribution in [0.1, 0.15) is 19.4 Å². The molecule has 0 saturated carbocycles. The summed E-state index contributed by atoms with van der Waals surface area (Å²) in [7, 11) is 0. The van der Waals surface area contributed by atoms with Gasteiger partial charge in [0, 0.05) is 5.56 Å². The standard InChI is InChI=1S/C8H9Cl2NO/c1-8(2,12)5-3-4-6(9)11-7(5)10/h3-4,12H,1-2H3. The van der Waals surface area contributed by atoms with Gasteiger partial charge in [-0.3, -0.25) is 0 Å². The Labute approximate surface area is 81.1 Å². The van der Waals surface area contributed by atoms with Crippen molar-refractivity contribution in [1.29, 1.82) is 0 Å². The molecular weight excluding hydrogens is 197 g/mol. The Morgan fingerprint density at radius 3 is 2.33 bits per heavy atom. The lowest BCUT2D eigenvalue weighted by Gasteiger charge is -2.18. The summed E-state index contributed by atoms with van der Waals surface area (Å²) in [5.74, 6) is 0. The molecule has 0 aromatic carbocycles. The molecule has 0 aliphatic heterocycles. The predicted octanol–water partition coefficient (Wildman–Crippen LogP) is 2.62. The van der Waals surface area contributed by atoms with E-state index in [9.17, 15) is 5.11 Å². The summed E-state index contributed by atoms with van der Waals surface area (Å²) < 4.78 is 0. The van der Waals surface area contributed by atoms with Crippen LogP contribution < -0.4 is 0 Å². The number of nitrogens with zero attached hydrogens (tertiary/aromatic N) is 1. The van der Waals surface area contributed by atoms with Crippen LogP contribution in [0.2, 0.25) is 10.3 Å². The van der Waals surface area contributed by atoms with Crippen LogP contribution in [0.5, 0.6) is 0 Å². The monoisotopic (exact) mass is 205 g/mol. The molecule has 0 atom stereocenters. The van der Waals surface area contributed by atoms with Gasteiger partial charge in [-0.15, -0.1) is 0 Å². The minimum atomic E-state index is -0.978. The highest BCUT2D eigenvalue weighted by atomic mass is 35.5. The molecule has 0 amide bonds. The molecule has 4 heteroatoms. The first kappa shape index (κ1) is 9.78. The quantitative estimate of drug-likeness (QED) is 0.716. The van der Waals surface area contributed by atoms with Crippen molar-refractivity contribution in [2.75, 3.05) is 0 Å². The van der Waals surface area contributed by atoms with Crippen molar-refractivity contribution in [3.8, 4) is 0 Å². The lowest BCUT2D eigenvalue weighted by atomic mass is 10.0. The van der Waals surface area contributed by atoms with Crippen molar-refractivity contribution in [3.05, 3.63) is 28.0 Å². The molecular formula is C8H9Cl2NO. The Kier molecular flexibility index (Phi) is 2.61. The van der Waals surface area contributed by atoms with Crippen LogP contribution in [-0.2, 0) is 5.60 Å². The molecule has 0 aliphatic carbocycles. The van der Waals surface area contributed by atoms with Gasteiger partial charge in [0.2, 0.25) is 0 Å². The van der Waals surface area contributed by atoms with Gasteiger partial charge in [-0.1, -0.05) is 29.3 Å². The summed E-state index contributed by atoms with van der Waals surface area (Å²) in [5, 5.41) is 10.2. The normalized spacial score (nSPS) is 11.8. The Morgan fingerprint density at radius 1 is 1.33 bits per heavy atom. The van der Waals surface area contributed by atoms with Gasteiger partial charge < -0.3 is 5.11 Å². The molecule has 0 spiro atoms. The second kappa shape index (κ2) is 3.21. The molecule has 0 saturated heterocycles. The fourth-order valence-corrected chi connectivity index (χ4v) is 1.44. The SMILES string of the molecule is CC(C)(O)c1ccc(Cl)nc1Cl. The summed E-state index contributed by atoms with van der Waals surface area (Å²) in [6, 6.07) is 3.26. The van der Waals surface area contributed by atoms with Crippen molar-refractivity contribution >= 4 is 23.2 Å². The molecule has 0 unspecified atom stereocenters. The van der Waals surface area contributed by atoms with Gasteiger partial charge in [0.15, 0.2) is 0 Å². The number of hydrogen-bond acceptors (Lipinski definition) is 2. The van der Waals surface area contributed by atoms with Gasteiger partial charge in [0.05, 0.1) is 5.60 Å². The number of hydrogen-bond donors (Lipinski definition) is 1. The summed E-state index contributed by atoms with van der Waals surface area (Å²) in [6.45, 7) is 3.29. The molecule has 2 nitrogen and oxygen atoms in total. The summed E-state index contributed by atoms with van der Waals surface area (Å²) >= 11 is 11.3. The molecule has 1 aromatic rings. The third-order valence-electron chi connectivity index (χ3n) is 1.47. The average Bonchev–Trinajstić information content (AvgIpc) is 1.83. The van der Waals surface area contributed by atoms with Crippen LogP contribution in [0.4, 0.5) is 0 Å². The second-order valence-electron chi connectivity index (χ2n) is 3.03. The molecule has 1 heterocycles. The zero-order valence-electron chi connectivity index (χ0n) is 6.81. The van der Waals surface area contributed by atoms with Gasteiger partial charge >= 0.3 is 0 Å². The first-order valence-corrected chi connectivity index (χ1v) is 4.22. The van der Waals surface area contributed by atoms with E-state index >= 15 is 0 Å². The Balaban J connectivity index is 3.19. The lowest BCUT2D eigenvalue weighted by Crippen LogP contribution is -2.16. The van der Waals surface area contributed by atoms with Crippen molar-refractivity contribution < 1.29 is 5.11 Å². The summed E-state index contributed by atoms with van der Waals surface area (Å²) in [6.07, 6.45) is 0. The van der Waals surface area contributed by atoms with E-state index in [2.05, 4.69) is 4.98 Å². The third kappa shape index (κ3) is 2.09. The highest BCUT2D eigenvalue weighted by Gasteiger charge is 2.19. The van der Waals surface area contributed by atoms with Gasteiger partial charge in [0.25, 0.3) is 0 Å². The molecule has 0 aliphatic rings. The zero-order valence-corrected chi connectivity index (χ0v) is 8.32. The van der Waals surface area contributed by atoms with Crippen molar-refractivity contribution in [1.82, 2.24) is 4.98 Å². The van der Waals surface area contributed by atoms with E-state index in [-0.39, 0.29) is 5.15 Å². The first-order valence-electron chi connectivity index (χ1n) is 3.46. The molecule has 1 aromatic heterocycles. The van der Waals surface area contributed by atoms with E-state index in [1.54, 1.807) is 26.0 Å². The van der Waals surface area contributed by atoms with E-state index in [0.29, 0.717) is 10.7 Å². The molecule has 12 heavy (non-hydrogen) atoms. The van der Waals surface area contributed by atoms with E-state index < -0.39 is 5.60 Å². The fraction of sp³-hybridized carbons (Fsp3) is 0.375. The topological polar surface area (TPSA) is 33.1 Å². The van der Waals surface area contributed by atoms with E-state index in [4.69, 9.17) is 23.2 Å². The van der Waals surface area contributed by atoms with E-state index in [0.717, 1.165) is 0 Å². The van der Waals surface area contributed by atoms with Crippen LogP contribution in [-0.4, -0.2) is 10.1 Å². The molecule has 1 N–H and O–H groups in total. The molecule has 1 rings (SSSR count). The van der Waals surface area contributed by atoms with Gasteiger partial charge in [-0.25, -0.2) is 4.98 Å². The highest BCUT2D eigenvalue weighted by Crippen LogP contribution is 2.26. The first-order chi connectivity index (χ1) is 5.41. The number of rotatable bonds is 1. The lowest BCUT2D eigenvalue weighted by molar-refractivity contribution is 0.0783. The van der Waals surface area contributed by atoms with Gasteiger partial charge in [-0.2, -0.15) is 0 Å². The third-order valence-corrected chi connectivity index (χ3v) is 1.97. The Morgan fingerprint density at radius 2 is 1.92 bits per heavy atom. The van der Waals surface area contributed by atoms with Crippen LogP contribution >= 0.6 is 23.2 Å². The maximum atomic E-state index is 9.59. The van der Waals surface area contributed by atoms with E-state index in [1.165, 1.54) is 0 Å². The average molecular weight is 206 g/mol. The summed E-state index contributed by atoms with van der Waals surface area (Å²) in [5.41, 5.74) is -0.400. The van der Waals surface area contributed by atoms with E-state index in [1.807, 2.05) is 0 Å². The Bertz CT molecular complexity index is 294. The number of halogens is 2. The van der Waals surface area contributed by atoms with Crippen LogP contribution in [0.3, 0.4) is 0 Å². The number of pyridine rings is 1. The van der Waals surface area contributed by atoms with Crippen LogP contribution in [0.15, 0.2) is 12.1 Å². The maximum absolute atomic E-state index is 9.59. The molecule has 0 fully saturated rings. The second-order valence-corrected chi connectivity index (χ2v) is 3.78. The van der Waals surface area contributed by atoms with Crippen LogP contribution in [0.25, 0.3) is 0 Å². The zero-order chi connectivity index (χ0) is 9.35. The largest absolute Gasteiger partial charge is 0.386 e. The Hall–Kier alpha value is -0.310. The van der Waals surface area contributed by atoms with Crippen molar-refractivity contribution in [2.45, 2.75) is 19.4 Å². The highest BCUT2D eigenvalue weighted by molar-refractivity contribution is 6.32. The smallest absolute Gasteiger partial charge is 0.136 e. The number of aromatic nitrogens is 1. The summed E-state index contributed by atoms with van der Waals surface area (Å²) in [4.78, 5) is 3.81. The minimum Gasteiger partial charge on any atom is -0.386 e. The van der Waals surface area contributed by atoms with Gasteiger partial charge in [-0.05, 0) is 19.9 Å². The van der Waals surface area contributed by atoms with Crippen LogP contribution in [0, 0.1) is 0 Å². The maximum Gasteiger partial charge on any atom is 0.136 e. The number of aliphatic hydroxyl groups is 1. The fourth-order valence-electron chi connectivity index (χ4n) is 0.868. The predicted molar refractivity (Wildman–Crippen MR) is 49.5 cm³/mol. The van der Waals surface area contributed by atoms with Crippen molar-refractivity contribution in [2.24, 2.45) is 0 Å². The van der Waals surface area contributed by atoms with Crippen molar-refractivity contribution in [3.63, 3.8) is 0 Å².